The highest BCUT2D eigenvalue weighted by Gasteiger charge is 2.12. The summed E-state index contributed by atoms with van der Waals surface area (Å²) in [5.41, 5.74) is 3.26. The molecule has 0 atom stereocenters. The number of pyridine rings is 1. The molecule has 17 heavy (non-hydrogen) atoms. The minimum absolute atomic E-state index is 0.184. The maximum absolute atomic E-state index is 10.5. The second-order valence-electron chi connectivity index (χ2n) is 3.28. The highest BCUT2D eigenvalue weighted by Crippen LogP contribution is 2.13. The third kappa shape index (κ3) is 2.37. The molecule has 2 heterocycles. The van der Waals surface area contributed by atoms with Gasteiger partial charge in [-0.05, 0) is 11.0 Å². The van der Waals surface area contributed by atoms with Gasteiger partial charge < -0.3 is 15.5 Å². The molecule has 88 valence electrons. The predicted octanol–water partition coefficient (Wildman–Crippen LogP) is 0.520. The summed E-state index contributed by atoms with van der Waals surface area (Å²) in [7, 11) is 0. The van der Waals surface area contributed by atoms with Crippen molar-refractivity contribution in [2.24, 2.45) is 5.84 Å². The van der Waals surface area contributed by atoms with E-state index in [-0.39, 0.29) is 5.82 Å². The van der Waals surface area contributed by atoms with Gasteiger partial charge in [-0.25, -0.2) is 10.8 Å². The molecular weight excluding hydrogens is 224 g/mol. The van der Waals surface area contributed by atoms with Crippen LogP contribution in [-0.2, 0) is 6.54 Å². The standard InChI is InChI=1S/C9H10N6O2/c10-12-9-7(2-1-4-11-9)6-14-5-3-8(13-14)15(16)17/h1-5H,6,10H2,(H,11,12). The molecule has 0 bridgehead atoms. The number of nitrogen functional groups attached to an aromatic ring is 1. The number of nitrogens with zero attached hydrogens (tertiary/aromatic N) is 4. The molecule has 0 aliphatic rings. The van der Waals surface area contributed by atoms with Gasteiger partial charge in [-0.1, -0.05) is 6.07 Å². The Hall–Kier alpha value is -2.48. The first-order chi connectivity index (χ1) is 8.20. The Kier molecular flexibility index (Phi) is 2.97. The number of hydrogen-bond acceptors (Lipinski definition) is 6. The average Bonchev–Trinajstić information content (AvgIpc) is 2.78. The van der Waals surface area contributed by atoms with Gasteiger partial charge in [-0.2, -0.15) is 4.68 Å². The molecule has 2 aromatic heterocycles. The molecule has 2 rings (SSSR count). The summed E-state index contributed by atoms with van der Waals surface area (Å²) in [6.07, 6.45) is 3.13. The van der Waals surface area contributed by atoms with E-state index in [1.807, 2.05) is 6.07 Å². The van der Waals surface area contributed by atoms with Crippen molar-refractivity contribution in [2.75, 3.05) is 5.43 Å². The fraction of sp³-hybridized carbons (Fsp3) is 0.111. The summed E-state index contributed by atoms with van der Waals surface area (Å²) in [6, 6.07) is 4.91. The van der Waals surface area contributed by atoms with E-state index in [1.165, 1.54) is 16.9 Å². The molecule has 0 saturated heterocycles. The highest BCUT2D eigenvalue weighted by atomic mass is 16.6. The number of nitro groups is 1. The molecular formula is C9H10N6O2. The maximum atomic E-state index is 10.5. The number of nitrogens with two attached hydrogens (primary N) is 1. The van der Waals surface area contributed by atoms with Gasteiger partial charge in [0.1, 0.15) is 5.82 Å². The van der Waals surface area contributed by atoms with Crippen LogP contribution in [0.3, 0.4) is 0 Å². The predicted molar refractivity (Wildman–Crippen MR) is 60.0 cm³/mol. The molecule has 0 aliphatic carbocycles. The van der Waals surface area contributed by atoms with Gasteiger partial charge in [0, 0.05) is 11.8 Å². The van der Waals surface area contributed by atoms with Gasteiger partial charge >= 0.3 is 5.82 Å². The Morgan fingerprint density at radius 2 is 2.35 bits per heavy atom. The summed E-state index contributed by atoms with van der Waals surface area (Å²) in [5.74, 6) is 5.64. The summed E-state index contributed by atoms with van der Waals surface area (Å²) < 4.78 is 1.45. The van der Waals surface area contributed by atoms with E-state index in [0.29, 0.717) is 12.4 Å². The topological polar surface area (TPSA) is 112 Å². The largest absolute Gasteiger partial charge is 0.389 e. The molecule has 0 fully saturated rings. The van der Waals surface area contributed by atoms with Crippen molar-refractivity contribution in [3.05, 3.63) is 46.3 Å². The third-order valence-electron chi connectivity index (χ3n) is 2.17. The van der Waals surface area contributed by atoms with Gasteiger partial charge in [-0.3, -0.25) is 0 Å². The van der Waals surface area contributed by atoms with Crippen molar-refractivity contribution in [3.8, 4) is 0 Å². The first-order valence-electron chi connectivity index (χ1n) is 4.79. The van der Waals surface area contributed by atoms with Crippen molar-refractivity contribution < 1.29 is 4.92 Å². The second-order valence-corrected chi connectivity index (χ2v) is 3.28. The van der Waals surface area contributed by atoms with Crippen molar-refractivity contribution in [1.82, 2.24) is 14.8 Å². The Morgan fingerprint density at radius 3 is 3.00 bits per heavy atom. The summed E-state index contributed by atoms with van der Waals surface area (Å²) in [4.78, 5) is 14.0. The van der Waals surface area contributed by atoms with E-state index in [0.717, 1.165) is 5.56 Å². The number of rotatable bonds is 4. The summed E-state index contributed by atoms with van der Waals surface area (Å²) in [6.45, 7) is 0.362. The lowest BCUT2D eigenvalue weighted by Gasteiger charge is -2.05. The van der Waals surface area contributed by atoms with Crippen LogP contribution in [0.1, 0.15) is 5.56 Å². The number of nitrogens with one attached hydrogen (secondary N) is 1. The smallest absolute Gasteiger partial charge is 0.358 e. The average molecular weight is 234 g/mol. The maximum Gasteiger partial charge on any atom is 0.389 e. The summed E-state index contributed by atoms with van der Waals surface area (Å²) in [5, 5.41) is 14.3. The van der Waals surface area contributed by atoms with Crippen LogP contribution in [-0.4, -0.2) is 19.7 Å². The van der Waals surface area contributed by atoms with Crippen LogP contribution < -0.4 is 11.3 Å². The van der Waals surface area contributed by atoms with Gasteiger partial charge in [-0.15, -0.1) is 0 Å². The quantitative estimate of drug-likeness (QED) is 0.453. The number of aromatic nitrogens is 3. The van der Waals surface area contributed by atoms with Gasteiger partial charge in [0.25, 0.3) is 0 Å². The molecule has 0 radical (unpaired) electrons. The Morgan fingerprint density at radius 1 is 1.53 bits per heavy atom. The molecule has 0 aliphatic heterocycles. The lowest BCUT2D eigenvalue weighted by atomic mass is 10.2. The monoisotopic (exact) mass is 234 g/mol. The lowest BCUT2D eigenvalue weighted by molar-refractivity contribution is -0.389. The SMILES string of the molecule is NNc1ncccc1Cn1ccc([N+](=O)[O-])n1. The normalized spacial score (nSPS) is 10.2. The minimum atomic E-state index is -0.540. The first kappa shape index (κ1) is 11.0. The van der Waals surface area contributed by atoms with Gasteiger partial charge in [0.05, 0.1) is 23.9 Å². The molecule has 3 N–H and O–H groups in total. The van der Waals surface area contributed by atoms with Crippen LogP contribution in [0.4, 0.5) is 11.6 Å². The Balaban J connectivity index is 2.22. The molecule has 0 unspecified atom stereocenters. The van der Waals surface area contributed by atoms with E-state index >= 15 is 0 Å². The van der Waals surface area contributed by atoms with E-state index in [4.69, 9.17) is 5.84 Å². The van der Waals surface area contributed by atoms with Crippen LogP contribution in [0.25, 0.3) is 0 Å². The fourth-order valence-corrected chi connectivity index (χ4v) is 1.41. The highest BCUT2D eigenvalue weighted by molar-refractivity contribution is 5.42. The van der Waals surface area contributed by atoms with Crippen molar-refractivity contribution in [3.63, 3.8) is 0 Å². The molecule has 0 spiro atoms. The number of hydrogen-bond donors (Lipinski definition) is 2. The zero-order valence-electron chi connectivity index (χ0n) is 8.78. The fourth-order valence-electron chi connectivity index (χ4n) is 1.41. The third-order valence-corrected chi connectivity index (χ3v) is 2.17. The zero-order valence-corrected chi connectivity index (χ0v) is 8.78. The van der Waals surface area contributed by atoms with E-state index < -0.39 is 4.92 Å². The zero-order chi connectivity index (χ0) is 12.3. The van der Waals surface area contributed by atoms with Crippen molar-refractivity contribution in [1.29, 1.82) is 0 Å². The Bertz CT molecular complexity index is 538. The van der Waals surface area contributed by atoms with Crippen molar-refractivity contribution >= 4 is 11.6 Å². The Labute approximate surface area is 96.2 Å². The molecule has 2 aromatic rings. The molecule has 0 amide bonds. The molecule has 8 heteroatoms. The van der Waals surface area contributed by atoms with Gasteiger partial charge in [0.2, 0.25) is 0 Å². The van der Waals surface area contributed by atoms with Crippen LogP contribution in [0.2, 0.25) is 0 Å². The molecule has 0 saturated carbocycles. The molecule has 0 aromatic carbocycles. The van der Waals surface area contributed by atoms with Crippen LogP contribution in [0.5, 0.6) is 0 Å². The second kappa shape index (κ2) is 4.58. The van der Waals surface area contributed by atoms with Crippen LogP contribution in [0, 0.1) is 10.1 Å². The van der Waals surface area contributed by atoms with E-state index in [9.17, 15) is 10.1 Å². The summed E-state index contributed by atoms with van der Waals surface area (Å²) >= 11 is 0. The van der Waals surface area contributed by atoms with Crippen LogP contribution >= 0.6 is 0 Å². The van der Waals surface area contributed by atoms with E-state index in [2.05, 4.69) is 15.5 Å². The van der Waals surface area contributed by atoms with Gasteiger partial charge in [0.15, 0.2) is 0 Å². The first-order valence-corrected chi connectivity index (χ1v) is 4.79. The molecule has 8 nitrogen and oxygen atoms in total. The number of hydrazine groups is 1. The van der Waals surface area contributed by atoms with E-state index in [1.54, 1.807) is 12.3 Å². The lowest BCUT2D eigenvalue weighted by Crippen LogP contribution is -2.12. The van der Waals surface area contributed by atoms with Crippen LogP contribution in [0.15, 0.2) is 30.6 Å². The minimum Gasteiger partial charge on any atom is -0.358 e. The number of anilines is 1. The van der Waals surface area contributed by atoms with Crippen molar-refractivity contribution in [2.45, 2.75) is 6.54 Å².